The molecular weight excluding hydrogens is 496 g/mol. The Morgan fingerprint density at radius 2 is 2.00 bits per heavy atom. The highest BCUT2D eigenvalue weighted by atomic mass is 16.5. The van der Waals surface area contributed by atoms with E-state index in [9.17, 15) is 5.11 Å². The number of pyridine rings is 1. The topological polar surface area (TPSA) is 126 Å². The summed E-state index contributed by atoms with van der Waals surface area (Å²) in [6.45, 7) is 8.57. The minimum atomic E-state index is -0.578. The van der Waals surface area contributed by atoms with Crippen molar-refractivity contribution in [1.82, 2.24) is 25.1 Å². The first-order chi connectivity index (χ1) is 18.9. The monoisotopic (exact) mass is 530 g/mol. The van der Waals surface area contributed by atoms with Crippen molar-refractivity contribution < 1.29 is 14.3 Å². The molecule has 2 aliphatic heterocycles. The number of methoxy groups -OCH3 is 1. The maximum absolute atomic E-state index is 10.4. The Morgan fingerprint density at radius 3 is 2.72 bits per heavy atom. The molecule has 6 rings (SSSR count). The van der Waals surface area contributed by atoms with Gasteiger partial charge in [-0.3, -0.25) is 0 Å². The van der Waals surface area contributed by atoms with E-state index in [4.69, 9.17) is 19.1 Å². The van der Waals surface area contributed by atoms with Gasteiger partial charge in [0.1, 0.15) is 11.6 Å². The summed E-state index contributed by atoms with van der Waals surface area (Å²) >= 11 is 0. The lowest BCUT2D eigenvalue weighted by molar-refractivity contribution is -0.0219. The quantitative estimate of drug-likeness (QED) is 0.362. The van der Waals surface area contributed by atoms with E-state index in [1.807, 2.05) is 17.2 Å². The first-order valence-corrected chi connectivity index (χ1v) is 13.4. The predicted molar refractivity (Wildman–Crippen MR) is 149 cm³/mol. The van der Waals surface area contributed by atoms with Crippen molar-refractivity contribution in [1.29, 1.82) is 0 Å². The summed E-state index contributed by atoms with van der Waals surface area (Å²) in [4.78, 5) is 18.3. The van der Waals surface area contributed by atoms with Gasteiger partial charge in [-0.15, -0.1) is 10.2 Å². The van der Waals surface area contributed by atoms with Gasteiger partial charge in [-0.05, 0) is 48.4 Å². The number of piperidine rings is 1. The fourth-order valence-electron chi connectivity index (χ4n) is 5.69. The van der Waals surface area contributed by atoms with E-state index in [1.165, 1.54) is 12.0 Å². The maximum Gasteiger partial charge on any atom is 0.227 e. The highest BCUT2D eigenvalue weighted by Crippen LogP contribution is 2.42. The molecule has 2 fully saturated rings. The Bertz CT molecular complexity index is 1450. The zero-order valence-corrected chi connectivity index (χ0v) is 22.7. The molecule has 0 amide bonds. The molecule has 0 spiro atoms. The number of ether oxygens (including phenoxy) is 1. The van der Waals surface area contributed by atoms with Gasteiger partial charge in [-0.25, -0.2) is 9.97 Å². The van der Waals surface area contributed by atoms with Gasteiger partial charge in [0.25, 0.3) is 0 Å². The number of hydrogen-bond acceptors (Lipinski definition) is 11. The average Bonchev–Trinajstić information content (AvgIpc) is 3.46. The number of hydrogen-bond donors (Lipinski definition) is 2. The SMILES string of the molecule is CO[C@H]1CCN(c2nccc(Nc3cc4c(C(C)C)ccc(N5C[C@H](c6nnco6)[C@H]5C)c4cn3)n2)C[C@@H]1O. The molecule has 0 bridgehead atoms. The van der Waals surface area contributed by atoms with Crippen molar-refractivity contribution in [2.75, 3.05) is 41.9 Å². The van der Waals surface area contributed by atoms with Crippen LogP contribution in [0.2, 0.25) is 0 Å². The van der Waals surface area contributed by atoms with E-state index >= 15 is 0 Å². The molecule has 2 N–H and O–H groups in total. The van der Waals surface area contributed by atoms with Gasteiger partial charge in [-0.2, -0.15) is 4.98 Å². The van der Waals surface area contributed by atoms with Crippen LogP contribution in [-0.2, 0) is 4.74 Å². The van der Waals surface area contributed by atoms with Crippen molar-refractivity contribution in [2.45, 2.75) is 57.3 Å². The molecule has 11 nitrogen and oxygen atoms in total. The number of aliphatic hydroxyl groups excluding tert-OH is 1. The fraction of sp³-hybridized carbons (Fsp3) is 0.464. The van der Waals surface area contributed by atoms with Crippen LogP contribution in [0.3, 0.4) is 0 Å². The normalized spacial score (nSPS) is 23.3. The van der Waals surface area contributed by atoms with E-state index in [1.54, 1.807) is 13.3 Å². The highest BCUT2D eigenvalue weighted by molar-refractivity contribution is 5.98. The van der Waals surface area contributed by atoms with E-state index in [2.05, 4.69) is 64.4 Å². The number of β-amino-alcohol motifs (C(OH)–C–C–N with tert-alkyl or cyclic N) is 1. The Labute approximate surface area is 227 Å². The minimum Gasteiger partial charge on any atom is -0.428 e. The Hall–Kier alpha value is -3.83. The molecule has 0 aliphatic carbocycles. The first-order valence-electron chi connectivity index (χ1n) is 13.4. The number of fused-ring (bicyclic) bond motifs is 1. The molecule has 11 heteroatoms. The van der Waals surface area contributed by atoms with Gasteiger partial charge in [0.05, 0.1) is 18.1 Å². The van der Waals surface area contributed by atoms with E-state index in [0.29, 0.717) is 35.9 Å². The number of anilines is 4. The third-order valence-electron chi connectivity index (χ3n) is 8.01. The van der Waals surface area contributed by atoms with Crippen molar-refractivity contribution >= 4 is 34.0 Å². The van der Waals surface area contributed by atoms with Crippen LogP contribution in [0.15, 0.2) is 47.5 Å². The molecule has 2 saturated heterocycles. The summed E-state index contributed by atoms with van der Waals surface area (Å²) in [5.74, 6) is 3.19. The molecular formula is C28H34N8O3. The first kappa shape index (κ1) is 25.4. The summed E-state index contributed by atoms with van der Waals surface area (Å²) in [7, 11) is 1.63. The molecule has 39 heavy (non-hydrogen) atoms. The van der Waals surface area contributed by atoms with Crippen molar-refractivity contribution in [3.8, 4) is 0 Å². The molecule has 4 atom stereocenters. The predicted octanol–water partition coefficient (Wildman–Crippen LogP) is 3.85. The molecule has 1 aromatic carbocycles. The molecule has 4 aromatic rings. The molecule has 2 aliphatic rings. The van der Waals surface area contributed by atoms with Crippen LogP contribution in [0.5, 0.6) is 0 Å². The van der Waals surface area contributed by atoms with Gasteiger partial charge in [0.15, 0.2) is 0 Å². The zero-order valence-electron chi connectivity index (χ0n) is 22.7. The fourth-order valence-corrected chi connectivity index (χ4v) is 5.69. The summed E-state index contributed by atoms with van der Waals surface area (Å²) in [6.07, 6.45) is 5.04. The van der Waals surface area contributed by atoms with Gasteiger partial charge < -0.3 is 29.4 Å². The molecule has 204 valence electrons. The zero-order chi connectivity index (χ0) is 27.1. The maximum atomic E-state index is 10.4. The Balaban J connectivity index is 1.26. The highest BCUT2D eigenvalue weighted by Gasteiger charge is 2.40. The number of aliphatic hydroxyl groups is 1. The lowest BCUT2D eigenvalue weighted by Gasteiger charge is -2.46. The third kappa shape index (κ3) is 4.76. The molecule has 3 aromatic heterocycles. The number of benzene rings is 1. The van der Waals surface area contributed by atoms with E-state index in [0.717, 1.165) is 36.0 Å². The van der Waals surface area contributed by atoms with Crippen LogP contribution in [0.25, 0.3) is 10.8 Å². The van der Waals surface area contributed by atoms with Crippen LogP contribution >= 0.6 is 0 Å². The number of aromatic nitrogens is 5. The molecule has 0 saturated carbocycles. The van der Waals surface area contributed by atoms with Crippen LogP contribution < -0.4 is 15.1 Å². The summed E-state index contributed by atoms with van der Waals surface area (Å²) in [5.41, 5.74) is 2.42. The van der Waals surface area contributed by atoms with Gasteiger partial charge in [-0.1, -0.05) is 19.9 Å². The van der Waals surface area contributed by atoms with Crippen LogP contribution in [0, 0.1) is 0 Å². The third-order valence-corrected chi connectivity index (χ3v) is 8.01. The summed E-state index contributed by atoms with van der Waals surface area (Å²) < 4.78 is 10.8. The van der Waals surface area contributed by atoms with Crippen LogP contribution in [-0.4, -0.2) is 75.2 Å². The minimum absolute atomic E-state index is 0.159. The van der Waals surface area contributed by atoms with E-state index in [-0.39, 0.29) is 18.1 Å². The van der Waals surface area contributed by atoms with Crippen molar-refractivity contribution in [3.05, 3.63) is 54.5 Å². The largest absolute Gasteiger partial charge is 0.428 e. The molecule has 0 radical (unpaired) electrons. The molecule has 5 heterocycles. The number of rotatable bonds is 7. The summed E-state index contributed by atoms with van der Waals surface area (Å²) in [5, 5.41) is 24.0. The van der Waals surface area contributed by atoms with Crippen LogP contribution in [0.1, 0.15) is 50.5 Å². The lowest BCUT2D eigenvalue weighted by Crippen LogP contribution is -2.53. The van der Waals surface area contributed by atoms with E-state index < -0.39 is 6.10 Å². The van der Waals surface area contributed by atoms with Gasteiger partial charge in [0, 0.05) is 56.3 Å². The average molecular weight is 531 g/mol. The van der Waals surface area contributed by atoms with Crippen LogP contribution in [0.4, 0.5) is 23.3 Å². The van der Waals surface area contributed by atoms with Crippen molar-refractivity contribution in [2.24, 2.45) is 0 Å². The van der Waals surface area contributed by atoms with Gasteiger partial charge >= 0.3 is 0 Å². The Kier molecular flexibility index (Phi) is 6.78. The number of nitrogens with one attached hydrogen (secondary N) is 1. The second kappa shape index (κ2) is 10.4. The van der Waals surface area contributed by atoms with Crippen molar-refractivity contribution in [3.63, 3.8) is 0 Å². The standard InChI is InChI=1S/C28H34N8O3/c1-16(2)18-5-6-22(36-13-21(17(36)3)27-34-31-15-39-27)20-12-30-26(11-19(18)20)32-25-7-9-29-28(33-25)35-10-8-24(38-4)23(37)14-35/h5-7,9,11-12,15-17,21,23-24,37H,8,10,13-14H2,1-4H3,(H,29,30,32,33)/t17-,21+,23+,24+/m1/s1. The number of nitrogens with zero attached hydrogens (tertiary/aromatic N) is 7. The second-order valence-corrected chi connectivity index (χ2v) is 10.7. The smallest absolute Gasteiger partial charge is 0.227 e. The lowest BCUT2D eigenvalue weighted by atomic mass is 9.87. The van der Waals surface area contributed by atoms with Gasteiger partial charge in [0.2, 0.25) is 18.2 Å². The Morgan fingerprint density at radius 1 is 1.13 bits per heavy atom. The molecule has 0 unspecified atom stereocenters. The summed E-state index contributed by atoms with van der Waals surface area (Å²) in [6, 6.07) is 8.58. The second-order valence-electron chi connectivity index (χ2n) is 10.7.